The Balaban J connectivity index is 1.33. The number of nitrogens with zero attached hydrogens (tertiary/aromatic N) is 2. The molecule has 164 valence electrons. The zero-order valence-corrected chi connectivity index (χ0v) is 18.6. The third-order valence-corrected chi connectivity index (χ3v) is 5.27. The average Bonchev–Trinajstić information content (AvgIpc) is 3.45. The Morgan fingerprint density at radius 3 is 2.75 bits per heavy atom. The number of aromatic nitrogens is 2. The van der Waals surface area contributed by atoms with Crippen molar-refractivity contribution in [1.82, 2.24) is 9.78 Å². The van der Waals surface area contributed by atoms with Crippen molar-refractivity contribution in [2.45, 2.75) is 13.2 Å². The summed E-state index contributed by atoms with van der Waals surface area (Å²) in [6, 6.07) is 15.9. The predicted octanol–water partition coefficient (Wildman–Crippen LogP) is 5.67. The third-order valence-electron chi connectivity index (χ3n) is 4.53. The maximum Gasteiger partial charge on any atom is 0.291 e. The first-order valence-electron chi connectivity index (χ1n) is 9.63. The fourth-order valence-electron chi connectivity index (χ4n) is 2.96. The van der Waals surface area contributed by atoms with Gasteiger partial charge in [0.05, 0.1) is 35.6 Å². The molecule has 32 heavy (non-hydrogen) atoms. The summed E-state index contributed by atoms with van der Waals surface area (Å²) in [6.45, 7) is 0.668. The van der Waals surface area contributed by atoms with Gasteiger partial charge in [-0.3, -0.25) is 9.48 Å². The van der Waals surface area contributed by atoms with E-state index in [1.165, 1.54) is 0 Å². The van der Waals surface area contributed by atoms with E-state index in [1.54, 1.807) is 54.5 Å². The molecule has 0 atom stereocenters. The largest absolute Gasteiger partial charge is 0.497 e. The van der Waals surface area contributed by atoms with E-state index >= 15 is 0 Å². The molecule has 2 aromatic carbocycles. The zero-order valence-electron chi connectivity index (χ0n) is 17.0. The number of amides is 1. The molecule has 9 heteroatoms. The van der Waals surface area contributed by atoms with E-state index in [2.05, 4.69) is 10.4 Å². The highest BCUT2D eigenvalue weighted by molar-refractivity contribution is 6.42. The molecule has 0 spiro atoms. The highest BCUT2D eigenvalue weighted by Crippen LogP contribution is 2.23. The molecule has 0 saturated heterocycles. The Labute approximate surface area is 194 Å². The van der Waals surface area contributed by atoms with Crippen LogP contribution in [0.1, 0.15) is 21.9 Å². The van der Waals surface area contributed by atoms with Crippen molar-refractivity contribution in [2.24, 2.45) is 0 Å². The second-order valence-electron chi connectivity index (χ2n) is 6.86. The lowest BCUT2D eigenvalue weighted by Crippen LogP contribution is -2.10. The molecule has 2 aromatic heterocycles. The molecule has 0 unspecified atom stereocenters. The lowest BCUT2D eigenvalue weighted by molar-refractivity contribution is 0.0992. The monoisotopic (exact) mass is 471 g/mol. The van der Waals surface area contributed by atoms with Crippen LogP contribution in [-0.4, -0.2) is 22.8 Å². The summed E-state index contributed by atoms with van der Waals surface area (Å²) in [5, 5.41) is 8.00. The smallest absolute Gasteiger partial charge is 0.291 e. The highest BCUT2D eigenvalue weighted by Gasteiger charge is 2.13. The second kappa shape index (κ2) is 9.80. The molecule has 1 amide bonds. The number of furan rings is 1. The van der Waals surface area contributed by atoms with Crippen molar-refractivity contribution < 1.29 is 18.7 Å². The van der Waals surface area contributed by atoms with Gasteiger partial charge in [0.2, 0.25) is 0 Å². The highest BCUT2D eigenvalue weighted by atomic mass is 35.5. The standard InChI is InChI=1S/C23H19Cl2N3O4/c1-30-17-3-2-4-18(10-17)31-14-19-6-8-22(32-19)23(29)27-16-11-26-28(13-16)12-15-5-7-20(24)21(25)9-15/h2-11,13H,12,14H2,1H3,(H,27,29). The van der Waals surface area contributed by atoms with E-state index in [0.29, 0.717) is 39.5 Å². The Bertz CT molecular complexity index is 1240. The van der Waals surface area contributed by atoms with Crippen LogP contribution in [-0.2, 0) is 13.2 Å². The van der Waals surface area contributed by atoms with E-state index in [9.17, 15) is 4.79 Å². The molecule has 0 fully saturated rings. The number of anilines is 1. The topological polar surface area (TPSA) is 78.5 Å². The Morgan fingerprint density at radius 1 is 1.09 bits per heavy atom. The molecule has 0 aliphatic heterocycles. The fraction of sp³-hybridized carbons (Fsp3) is 0.130. The van der Waals surface area contributed by atoms with Crippen LogP contribution >= 0.6 is 23.2 Å². The first-order valence-corrected chi connectivity index (χ1v) is 10.4. The molecule has 0 aliphatic carbocycles. The van der Waals surface area contributed by atoms with Crippen molar-refractivity contribution in [3.63, 3.8) is 0 Å². The van der Waals surface area contributed by atoms with Crippen LogP contribution in [0.15, 0.2) is 71.4 Å². The summed E-state index contributed by atoms with van der Waals surface area (Å²) in [4.78, 5) is 12.5. The van der Waals surface area contributed by atoms with Gasteiger partial charge in [-0.1, -0.05) is 35.3 Å². The maximum absolute atomic E-state index is 12.5. The van der Waals surface area contributed by atoms with Gasteiger partial charge in [-0.2, -0.15) is 5.10 Å². The van der Waals surface area contributed by atoms with Crippen LogP contribution < -0.4 is 14.8 Å². The molecule has 0 aliphatic rings. The first kappa shape index (κ1) is 21.8. The normalized spacial score (nSPS) is 10.7. The minimum atomic E-state index is -0.383. The number of hydrogen-bond donors (Lipinski definition) is 1. The van der Waals surface area contributed by atoms with Crippen molar-refractivity contribution in [2.75, 3.05) is 12.4 Å². The van der Waals surface area contributed by atoms with Crippen LogP contribution in [0.25, 0.3) is 0 Å². The minimum absolute atomic E-state index is 0.173. The number of nitrogens with one attached hydrogen (secondary N) is 1. The number of methoxy groups -OCH3 is 1. The SMILES string of the molecule is COc1cccc(OCc2ccc(C(=O)Nc3cnn(Cc4ccc(Cl)c(Cl)c4)c3)o2)c1. The molecule has 0 radical (unpaired) electrons. The molecule has 4 rings (SSSR count). The van der Waals surface area contributed by atoms with Gasteiger partial charge in [0.15, 0.2) is 5.76 Å². The van der Waals surface area contributed by atoms with E-state index in [4.69, 9.17) is 37.1 Å². The minimum Gasteiger partial charge on any atom is -0.497 e. The summed E-state index contributed by atoms with van der Waals surface area (Å²) < 4.78 is 18.1. The third kappa shape index (κ3) is 5.43. The number of halogens is 2. The number of benzene rings is 2. The summed E-state index contributed by atoms with van der Waals surface area (Å²) in [6.07, 6.45) is 3.28. The Kier molecular flexibility index (Phi) is 6.68. The van der Waals surface area contributed by atoms with Gasteiger partial charge < -0.3 is 19.2 Å². The van der Waals surface area contributed by atoms with Gasteiger partial charge in [0.25, 0.3) is 5.91 Å². The average molecular weight is 472 g/mol. The van der Waals surface area contributed by atoms with Crippen LogP contribution in [0, 0.1) is 0 Å². The van der Waals surface area contributed by atoms with Gasteiger partial charge >= 0.3 is 0 Å². The lowest BCUT2D eigenvalue weighted by Gasteiger charge is -2.06. The number of hydrogen-bond acceptors (Lipinski definition) is 5. The predicted molar refractivity (Wildman–Crippen MR) is 122 cm³/mol. The number of carbonyl (C=O) groups excluding carboxylic acids is 1. The van der Waals surface area contributed by atoms with E-state index in [1.807, 2.05) is 24.3 Å². The molecule has 2 heterocycles. The molecule has 7 nitrogen and oxygen atoms in total. The Morgan fingerprint density at radius 2 is 1.94 bits per heavy atom. The summed E-state index contributed by atoms with van der Waals surface area (Å²) in [5.74, 6) is 1.65. The molecular formula is C23H19Cl2N3O4. The molecule has 0 saturated carbocycles. The maximum atomic E-state index is 12.5. The van der Waals surface area contributed by atoms with Crippen molar-refractivity contribution in [1.29, 1.82) is 0 Å². The van der Waals surface area contributed by atoms with Crippen molar-refractivity contribution in [3.05, 3.63) is 94.1 Å². The molecule has 0 bridgehead atoms. The van der Waals surface area contributed by atoms with Crippen molar-refractivity contribution in [3.8, 4) is 11.5 Å². The molecule has 4 aromatic rings. The van der Waals surface area contributed by atoms with Crippen LogP contribution in [0.3, 0.4) is 0 Å². The van der Waals surface area contributed by atoms with Gasteiger partial charge in [0.1, 0.15) is 23.9 Å². The van der Waals surface area contributed by atoms with Crippen LogP contribution in [0.2, 0.25) is 10.0 Å². The summed E-state index contributed by atoms with van der Waals surface area (Å²) >= 11 is 12.0. The van der Waals surface area contributed by atoms with E-state index in [0.717, 1.165) is 5.56 Å². The summed E-state index contributed by atoms with van der Waals surface area (Å²) in [7, 11) is 1.59. The van der Waals surface area contributed by atoms with Gasteiger partial charge in [-0.15, -0.1) is 0 Å². The van der Waals surface area contributed by atoms with E-state index < -0.39 is 0 Å². The number of rotatable bonds is 8. The van der Waals surface area contributed by atoms with Gasteiger partial charge in [0, 0.05) is 12.3 Å². The zero-order chi connectivity index (χ0) is 22.5. The van der Waals surface area contributed by atoms with E-state index in [-0.39, 0.29) is 18.3 Å². The first-order chi connectivity index (χ1) is 15.5. The molecular weight excluding hydrogens is 453 g/mol. The van der Waals surface area contributed by atoms with Gasteiger partial charge in [-0.25, -0.2) is 0 Å². The summed E-state index contributed by atoms with van der Waals surface area (Å²) in [5.41, 5.74) is 1.48. The second-order valence-corrected chi connectivity index (χ2v) is 7.68. The van der Waals surface area contributed by atoms with Crippen molar-refractivity contribution >= 4 is 34.8 Å². The fourth-order valence-corrected chi connectivity index (χ4v) is 3.28. The van der Waals surface area contributed by atoms with Crippen LogP contribution in [0.4, 0.5) is 5.69 Å². The quantitative estimate of drug-likeness (QED) is 0.358. The Hall–Kier alpha value is -3.42. The van der Waals surface area contributed by atoms with Gasteiger partial charge in [-0.05, 0) is 42.0 Å². The number of carbonyl (C=O) groups is 1. The molecule has 1 N–H and O–H groups in total. The number of ether oxygens (including phenoxy) is 2. The lowest BCUT2D eigenvalue weighted by atomic mass is 10.2. The van der Waals surface area contributed by atoms with Crippen LogP contribution in [0.5, 0.6) is 11.5 Å².